The Morgan fingerprint density at radius 1 is 1.44 bits per heavy atom. The smallest absolute Gasteiger partial charge is 0.433 e. The molecule has 0 atom stereocenters. The summed E-state index contributed by atoms with van der Waals surface area (Å²) in [6.45, 7) is 0. The Bertz CT molecular complexity index is 478. The molecule has 0 spiro atoms. The molecule has 1 aromatic rings. The van der Waals surface area contributed by atoms with Crippen molar-refractivity contribution in [2.75, 3.05) is 7.11 Å². The Morgan fingerprint density at radius 3 is 2.44 bits per heavy atom. The Labute approximate surface area is 98.8 Å². The number of halogens is 5. The zero-order valence-electron chi connectivity index (χ0n) is 9.05. The molecule has 0 aliphatic carbocycles. The van der Waals surface area contributed by atoms with Crippen LogP contribution in [0.15, 0.2) is 6.07 Å². The van der Waals surface area contributed by atoms with Crippen molar-refractivity contribution in [3.8, 4) is 11.8 Å². The van der Waals surface area contributed by atoms with Gasteiger partial charge in [-0.1, -0.05) is 0 Å². The average molecular weight is 266 g/mol. The van der Waals surface area contributed by atoms with Crippen LogP contribution in [0.4, 0.5) is 22.0 Å². The van der Waals surface area contributed by atoms with Gasteiger partial charge in [0.25, 0.3) is 6.43 Å². The molecule has 0 N–H and O–H groups in total. The largest absolute Gasteiger partial charge is 0.495 e. The molecule has 0 aliphatic heterocycles. The van der Waals surface area contributed by atoms with Crippen molar-refractivity contribution < 1.29 is 26.7 Å². The summed E-state index contributed by atoms with van der Waals surface area (Å²) in [5.41, 5.74) is -3.28. The monoisotopic (exact) mass is 266 g/mol. The molecule has 98 valence electrons. The van der Waals surface area contributed by atoms with Crippen LogP contribution in [-0.2, 0) is 12.6 Å². The highest BCUT2D eigenvalue weighted by atomic mass is 19.4. The summed E-state index contributed by atoms with van der Waals surface area (Å²) in [5.74, 6) is -0.264. The van der Waals surface area contributed by atoms with Gasteiger partial charge in [0, 0.05) is 0 Å². The van der Waals surface area contributed by atoms with Crippen molar-refractivity contribution in [1.82, 2.24) is 4.98 Å². The first-order valence-electron chi connectivity index (χ1n) is 4.61. The number of methoxy groups -OCH3 is 1. The van der Waals surface area contributed by atoms with E-state index in [1.807, 2.05) is 0 Å². The lowest BCUT2D eigenvalue weighted by molar-refractivity contribution is -0.143. The minimum absolute atomic E-state index is 0.264. The minimum atomic E-state index is -5.01. The van der Waals surface area contributed by atoms with Gasteiger partial charge in [0.1, 0.15) is 5.75 Å². The van der Waals surface area contributed by atoms with Gasteiger partial charge in [0.2, 0.25) is 0 Å². The molecule has 0 fully saturated rings. The number of hydrogen-bond acceptors (Lipinski definition) is 3. The fraction of sp³-hybridized carbons (Fsp3) is 0.400. The Hall–Kier alpha value is -1.91. The normalized spacial score (nSPS) is 11.4. The van der Waals surface area contributed by atoms with E-state index in [2.05, 4.69) is 9.72 Å². The average Bonchev–Trinajstić information content (AvgIpc) is 2.27. The SMILES string of the molecule is COc1cc(C(F)F)c(C(F)(F)F)nc1CC#N. The van der Waals surface area contributed by atoms with E-state index >= 15 is 0 Å². The lowest BCUT2D eigenvalue weighted by atomic mass is 10.1. The van der Waals surface area contributed by atoms with Crippen molar-refractivity contribution in [2.45, 2.75) is 19.0 Å². The van der Waals surface area contributed by atoms with Gasteiger partial charge in [-0.05, 0) is 6.07 Å². The molecule has 1 heterocycles. The summed E-state index contributed by atoms with van der Waals surface area (Å²) in [6, 6.07) is 2.15. The molecule has 18 heavy (non-hydrogen) atoms. The molecule has 0 amide bonds. The molecule has 8 heteroatoms. The molecular weight excluding hydrogens is 259 g/mol. The van der Waals surface area contributed by atoms with Crippen LogP contribution in [0, 0.1) is 11.3 Å². The Balaban J connectivity index is 3.48. The third-order valence-electron chi connectivity index (χ3n) is 2.06. The van der Waals surface area contributed by atoms with E-state index in [9.17, 15) is 22.0 Å². The molecular formula is C10H7F5N2O. The van der Waals surface area contributed by atoms with E-state index < -0.39 is 30.3 Å². The van der Waals surface area contributed by atoms with Crippen LogP contribution in [0.25, 0.3) is 0 Å². The molecule has 0 unspecified atom stereocenters. The Morgan fingerprint density at radius 2 is 2.06 bits per heavy atom. The van der Waals surface area contributed by atoms with Crippen molar-refractivity contribution in [3.63, 3.8) is 0 Å². The number of nitrogens with zero attached hydrogens (tertiary/aromatic N) is 2. The number of hydrogen-bond donors (Lipinski definition) is 0. The predicted molar refractivity (Wildman–Crippen MR) is 50.1 cm³/mol. The summed E-state index contributed by atoms with van der Waals surface area (Å²) in [5, 5.41) is 8.44. The van der Waals surface area contributed by atoms with E-state index in [1.54, 1.807) is 6.07 Å². The summed E-state index contributed by atoms with van der Waals surface area (Å²) in [4.78, 5) is 3.07. The maximum Gasteiger partial charge on any atom is 0.433 e. The fourth-order valence-corrected chi connectivity index (χ4v) is 1.32. The second-order valence-corrected chi connectivity index (χ2v) is 3.21. The fourth-order valence-electron chi connectivity index (χ4n) is 1.32. The second-order valence-electron chi connectivity index (χ2n) is 3.21. The topological polar surface area (TPSA) is 45.9 Å². The van der Waals surface area contributed by atoms with Crippen molar-refractivity contribution >= 4 is 0 Å². The number of rotatable bonds is 3. The summed E-state index contributed by atoms with van der Waals surface area (Å²) in [7, 11) is 1.10. The van der Waals surface area contributed by atoms with Crippen LogP contribution in [0.3, 0.4) is 0 Å². The first-order chi connectivity index (χ1) is 8.31. The number of ether oxygens (including phenoxy) is 1. The maximum absolute atomic E-state index is 12.5. The maximum atomic E-state index is 12.5. The van der Waals surface area contributed by atoms with Crippen LogP contribution in [0.1, 0.15) is 23.4 Å². The predicted octanol–water partition coefficient (Wildman–Crippen LogP) is 3.11. The van der Waals surface area contributed by atoms with Crippen LogP contribution in [0.5, 0.6) is 5.75 Å². The molecule has 3 nitrogen and oxygen atoms in total. The molecule has 0 saturated carbocycles. The van der Waals surface area contributed by atoms with E-state index in [0.717, 1.165) is 7.11 Å². The van der Waals surface area contributed by atoms with Crippen LogP contribution in [0.2, 0.25) is 0 Å². The lowest BCUT2D eigenvalue weighted by Crippen LogP contribution is -2.14. The highest BCUT2D eigenvalue weighted by Gasteiger charge is 2.38. The van der Waals surface area contributed by atoms with Gasteiger partial charge in [-0.25, -0.2) is 13.8 Å². The van der Waals surface area contributed by atoms with Gasteiger partial charge >= 0.3 is 6.18 Å². The van der Waals surface area contributed by atoms with Crippen molar-refractivity contribution in [1.29, 1.82) is 5.26 Å². The van der Waals surface area contributed by atoms with Gasteiger partial charge in [-0.3, -0.25) is 0 Å². The zero-order chi connectivity index (χ0) is 13.9. The first kappa shape index (κ1) is 14.2. The van der Waals surface area contributed by atoms with Crippen LogP contribution < -0.4 is 4.74 Å². The highest BCUT2D eigenvalue weighted by molar-refractivity contribution is 5.38. The Kier molecular flexibility index (Phi) is 4.06. The molecule has 1 aromatic heterocycles. The second kappa shape index (κ2) is 5.16. The van der Waals surface area contributed by atoms with E-state index in [-0.39, 0.29) is 11.4 Å². The highest BCUT2D eigenvalue weighted by Crippen LogP contribution is 2.37. The van der Waals surface area contributed by atoms with Crippen molar-refractivity contribution in [2.24, 2.45) is 0 Å². The third kappa shape index (κ3) is 2.85. The number of nitriles is 1. The lowest BCUT2D eigenvalue weighted by Gasteiger charge is -2.14. The summed E-state index contributed by atoms with van der Waals surface area (Å²) >= 11 is 0. The quantitative estimate of drug-likeness (QED) is 0.789. The standard InChI is InChI=1S/C10H7F5N2O/c1-18-7-4-5(9(11)12)8(10(13,14)15)17-6(7)2-3-16/h4,9H,2H2,1H3. The van der Waals surface area contributed by atoms with Gasteiger partial charge in [0.05, 0.1) is 30.9 Å². The molecule has 0 saturated heterocycles. The van der Waals surface area contributed by atoms with Crippen LogP contribution in [-0.4, -0.2) is 12.1 Å². The molecule has 0 aromatic carbocycles. The van der Waals surface area contributed by atoms with Gasteiger partial charge < -0.3 is 4.74 Å². The molecule has 0 radical (unpaired) electrons. The van der Waals surface area contributed by atoms with Gasteiger partial charge in [-0.2, -0.15) is 18.4 Å². The summed E-state index contributed by atoms with van der Waals surface area (Å²) in [6.07, 6.45) is -8.81. The van der Waals surface area contributed by atoms with Gasteiger partial charge in [0.15, 0.2) is 5.69 Å². The zero-order valence-corrected chi connectivity index (χ0v) is 9.05. The minimum Gasteiger partial charge on any atom is -0.495 e. The molecule has 0 bridgehead atoms. The van der Waals surface area contributed by atoms with E-state index in [0.29, 0.717) is 6.07 Å². The number of aromatic nitrogens is 1. The molecule has 1 rings (SSSR count). The summed E-state index contributed by atoms with van der Waals surface area (Å²) < 4.78 is 67.3. The number of alkyl halides is 5. The molecule has 0 aliphatic rings. The van der Waals surface area contributed by atoms with E-state index in [1.165, 1.54) is 0 Å². The van der Waals surface area contributed by atoms with Crippen LogP contribution >= 0.6 is 0 Å². The number of pyridine rings is 1. The van der Waals surface area contributed by atoms with Crippen molar-refractivity contribution in [3.05, 3.63) is 23.0 Å². The van der Waals surface area contributed by atoms with E-state index in [4.69, 9.17) is 5.26 Å². The van der Waals surface area contributed by atoms with Gasteiger partial charge in [-0.15, -0.1) is 0 Å². The third-order valence-corrected chi connectivity index (χ3v) is 2.06. The first-order valence-corrected chi connectivity index (χ1v) is 4.61.